The van der Waals surface area contributed by atoms with Gasteiger partial charge in [-0.3, -0.25) is 4.90 Å². The predicted octanol–water partition coefficient (Wildman–Crippen LogP) is 3.51. The van der Waals surface area contributed by atoms with Gasteiger partial charge in [-0.15, -0.1) is 0 Å². The third-order valence-corrected chi connectivity index (χ3v) is 4.49. The average Bonchev–Trinajstić information content (AvgIpc) is 2.37. The molecule has 1 saturated heterocycles. The summed E-state index contributed by atoms with van der Waals surface area (Å²) in [6, 6.07) is 10.1. The van der Waals surface area contributed by atoms with Crippen LogP contribution in [0.5, 0.6) is 0 Å². The van der Waals surface area contributed by atoms with Crippen molar-refractivity contribution < 1.29 is 0 Å². The highest BCUT2D eigenvalue weighted by Gasteiger charge is 2.27. The van der Waals surface area contributed by atoms with Crippen LogP contribution >= 0.6 is 0 Å². The lowest BCUT2D eigenvalue weighted by atomic mass is 9.83. The zero-order valence-corrected chi connectivity index (χ0v) is 13.7. The number of likely N-dealkylation sites (tertiary alicyclic amines) is 1. The van der Waals surface area contributed by atoms with Gasteiger partial charge < -0.3 is 5.73 Å². The Hall–Kier alpha value is -0.860. The van der Waals surface area contributed by atoms with Crippen molar-refractivity contribution in [3.63, 3.8) is 0 Å². The van der Waals surface area contributed by atoms with E-state index in [0.717, 1.165) is 19.5 Å². The molecule has 0 saturated carbocycles. The first-order chi connectivity index (χ1) is 9.27. The van der Waals surface area contributed by atoms with E-state index >= 15 is 0 Å². The second kappa shape index (κ2) is 5.87. The summed E-state index contributed by atoms with van der Waals surface area (Å²) in [7, 11) is 0. The Kier molecular flexibility index (Phi) is 4.55. The van der Waals surface area contributed by atoms with E-state index in [-0.39, 0.29) is 5.41 Å². The zero-order chi connectivity index (χ0) is 14.9. The van der Waals surface area contributed by atoms with Crippen LogP contribution in [0.25, 0.3) is 0 Å². The molecule has 2 heteroatoms. The molecule has 1 heterocycles. The summed E-state index contributed by atoms with van der Waals surface area (Å²) in [5.74, 6) is 0.579. The van der Waals surface area contributed by atoms with Gasteiger partial charge in [0.1, 0.15) is 0 Å². The minimum atomic E-state index is 0.228. The normalized spacial score (nSPS) is 25.1. The Morgan fingerprint density at radius 3 is 2.20 bits per heavy atom. The van der Waals surface area contributed by atoms with Gasteiger partial charge in [-0.2, -0.15) is 0 Å². The summed E-state index contributed by atoms with van der Waals surface area (Å²) < 4.78 is 0. The molecule has 2 rings (SSSR count). The molecule has 0 radical (unpaired) electrons. The first-order valence-corrected chi connectivity index (χ1v) is 7.87. The number of hydrogen-bond acceptors (Lipinski definition) is 2. The Balaban J connectivity index is 2.14. The van der Waals surface area contributed by atoms with Gasteiger partial charge in [0.2, 0.25) is 0 Å². The van der Waals surface area contributed by atoms with Crippen LogP contribution in [0, 0.1) is 0 Å². The van der Waals surface area contributed by atoms with Crippen molar-refractivity contribution in [3.8, 4) is 0 Å². The molecule has 2 atom stereocenters. The molecule has 1 aliphatic rings. The van der Waals surface area contributed by atoms with Crippen LogP contribution in [-0.4, -0.2) is 30.1 Å². The van der Waals surface area contributed by atoms with E-state index in [1.165, 1.54) is 11.1 Å². The Morgan fingerprint density at radius 2 is 1.70 bits per heavy atom. The number of nitrogens with two attached hydrogens (primary N) is 1. The molecule has 1 aliphatic heterocycles. The van der Waals surface area contributed by atoms with Crippen LogP contribution in [0.15, 0.2) is 24.3 Å². The minimum absolute atomic E-state index is 0.228. The van der Waals surface area contributed by atoms with Crippen molar-refractivity contribution in [1.29, 1.82) is 0 Å². The molecule has 1 fully saturated rings. The van der Waals surface area contributed by atoms with E-state index < -0.39 is 0 Å². The molecule has 0 spiro atoms. The number of rotatable bonds is 2. The van der Waals surface area contributed by atoms with Crippen LogP contribution in [0.3, 0.4) is 0 Å². The number of benzene rings is 1. The van der Waals surface area contributed by atoms with Crippen molar-refractivity contribution >= 4 is 0 Å². The Morgan fingerprint density at radius 1 is 1.10 bits per heavy atom. The van der Waals surface area contributed by atoms with Gasteiger partial charge in [0.15, 0.2) is 0 Å². The monoisotopic (exact) mass is 274 g/mol. The molecule has 2 nitrogen and oxygen atoms in total. The van der Waals surface area contributed by atoms with Crippen LogP contribution < -0.4 is 5.73 Å². The summed E-state index contributed by atoms with van der Waals surface area (Å²) in [6.07, 6.45) is 1.11. The third-order valence-electron chi connectivity index (χ3n) is 4.49. The summed E-state index contributed by atoms with van der Waals surface area (Å²) >= 11 is 0. The second-order valence-corrected chi connectivity index (χ2v) is 7.61. The Labute approximate surface area is 124 Å². The molecular weight excluding hydrogens is 244 g/mol. The average molecular weight is 274 g/mol. The lowest BCUT2D eigenvalue weighted by molar-refractivity contribution is 0.152. The van der Waals surface area contributed by atoms with E-state index in [2.05, 4.69) is 63.8 Å². The first kappa shape index (κ1) is 15.5. The van der Waals surface area contributed by atoms with Gasteiger partial charge in [-0.05, 0) is 42.7 Å². The SMILES string of the molecule is CC(C)N1CC(N)CC(c2ccc(C(C)(C)C)cc2)C1. The zero-order valence-electron chi connectivity index (χ0n) is 13.7. The summed E-state index contributed by atoms with van der Waals surface area (Å²) in [5, 5.41) is 0. The van der Waals surface area contributed by atoms with Crippen LogP contribution in [0.1, 0.15) is 58.1 Å². The van der Waals surface area contributed by atoms with E-state index in [9.17, 15) is 0 Å². The van der Waals surface area contributed by atoms with Crippen LogP contribution in [-0.2, 0) is 5.41 Å². The number of hydrogen-bond donors (Lipinski definition) is 1. The fraction of sp³-hybridized carbons (Fsp3) is 0.667. The van der Waals surface area contributed by atoms with Crippen LogP contribution in [0.4, 0.5) is 0 Å². The largest absolute Gasteiger partial charge is 0.327 e. The maximum absolute atomic E-state index is 6.25. The molecule has 0 amide bonds. The standard InChI is InChI=1S/C18H30N2/c1-13(2)20-11-15(10-17(19)12-20)14-6-8-16(9-7-14)18(3,4)5/h6-9,13,15,17H,10-12,19H2,1-5H3. The van der Waals surface area contributed by atoms with E-state index in [0.29, 0.717) is 18.0 Å². The van der Waals surface area contributed by atoms with Crippen molar-refractivity contribution in [3.05, 3.63) is 35.4 Å². The van der Waals surface area contributed by atoms with Crippen molar-refractivity contribution in [2.45, 2.75) is 64.5 Å². The van der Waals surface area contributed by atoms with Gasteiger partial charge in [0, 0.05) is 25.2 Å². The van der Waals surface area contributed by atoms with Crippen LogP contribution in [0.2, 0.25) is 0 Å². The molecule has 0 bridgehead atoms. The lowest BCUT2D eigenvalue weighted by Gasteiger charge is -2.39. The Bertz CT molecular complexity index is 428. The molecule has 20 heavy (non-hydrogen) atoms. The lowest BCUT2D eigenvalue weighted by Crippen LogP contribution is -2.48. The minimum Gasteiger partial charge on any atom is -0.327 e. The number of nitrogens with zero attached hydrogens (tertiary/aromatic N) is 1. The highest BCUT2D eigenvalue weighted by Crippen LogP contribution is 2.29. The summed E-state index contributed by atoms with van der Waals surface area (Å²) in [4.78, 5) is 2.51. The molecule has 0 aliphatic carbocycles. The molecular formula is C18H30N2. The first-order valence-electron chi connectivity index (χ1n) is 7.87. The van der Waals surface area contributed by atoms with Crippen molar-refractivity contribution in [2.75, 3.05) is 13.1 Å². The highest BCUT2D eigenvalue weighted by atomic mass is 15.2. The summed E-state index contributed by atoms with van der Waals surface area (Å²) in [6.45, 7) is 13.5. The van der Waals surface area contributed by atoms with E-state index in [1.54, 1.807) is 0 Å². The highest BCUT2D eigenvalue weighted by molar-refractivity contribution is 5.30. The third kappa shape index (κ3) is 3.62. The molecule has 1 aromatic carbocycles. The van der Waals surface area contributed by atoms with Crippen molar-refractivity contribution in [1.82, 2.24) is 4.90 Å². The fourth-order valence-electron chi connectivity index (χ4n) is 3.09. The van der Waals surface area contributed by atoms with Gasteiger partial charge in [-0.25, -0.2) is 0 Å². The smallest absolute Gasteiger partial charge is 0.0174 e. The van der Waals surface area contributed by atoms with Gasteiger partial charge in [0.05, 0.1) is 0 Å². The van der Waals surface area contributed by atoms with Gasteiger partial charge >= 0.3 is 0 Å². The molecule has 1 aromatic rings. The summed E-state index contributed by atoms with van der Waals surface area (Å²) in [5.41, 5.74) is 9.32. The molecule has 112 valence electrons. The fourth-order valence-corrected chi connectivity index (χ4v) is 3.09. The quantitative estimate of drug-likeness (QED) is 0.894. The predicted molar refractivity (Wildman–Crippen MR) is 87.2 cm³/mol. The molecule has 2 unspecified atom stereocenters. The van der Waals surface area contributed by atoms with Gasteiger partial charge in [0.25, 0.3) is 0 Å². The molecule has 0 aromatic heterocycles. The van der Waals surface area contributed by atoms with E-state index in [1.807, 2.05) is 0 Å². The molecule has 2 N–H and O–H groups in total. The maximum atomic E-state index is 6.25. The van der Waals surface area contributed by atoms with Crippen molar-refractivity contribution in [2.24, 2.45) is 5.73 Å². The number of piperidine rings is 1. The van der Waals surface area contributed by atoms with Gasteiger partial charge in [-0.1, -0.05) is 45.0 Å². The maximum Gasteiger partial charge on any atom is 0.0174 e. The second-order valence-electron chi connectivity index (χ2n) is 7.61. The van der Waals surface area contributed by atoms with E-state index in [4.69, 9.17) is 5.73 Å². The topological polar surface area (TPSA) is 29.3 Å².